The van der Waals surface area contributed by atoms with Crippen LogP contribution in [0.25, 0.3) is 0 Å². The summed E-state index contributed by atoms with van der Waals surface area (Å²) in [5.74, 6) is 0.732. The molecule has 0 bridgehead atoms. The first-order chi connectivity index (χ1) is 7.44. The third-order valence-corrected chi connectivity index (χ3v) is 3.26. The Balaban J connectivity index is 2.22. The van der Waals surface area contributed by atoms with E-state index >= 15 is 0 Å². The molecule has 0 aromatic rings. The van der Waals surface area contributed by atoms with Gasteiger partial charge in [0.25, 0.3) is 0 Å². The number of aliphatic hydroxyl groups is 1. The number of rotatable bonds is 8. The number of hydrogen-bond donors (Lipinski definition) is 2. The van der Waals surface area contributed by atoms with Crippen LogP contribution in [-0.4, -0.2) is 41.3 Å². The molecule has 0 saturated heterocycles. The SMILES string of the molecule is CC(C)CN(CCCC(C)(O)CN)C1CC1. The van der Waals surface area contributed by atoms with E-state index in [1.165, 1.54) is 19.4 Å². The Morgan fingerprint density at radius 1 is 1.44 bits per heavy atom. The maximum absolute atomic E-state index is 9.83. The molecule has 0 aromatic carbocycles. The van der Waals surface area contributed by atoms with Crippen molar-refractivity contribution in [3.63, 3.8) is 0 Å². The number of nitrogens with zero attached hydrogens (tertiary/aromatic N) is 1. The lowest BCUT2D eigenvalue weighted by molar-refractivity contribution is 0.0535. The monoisotopic (exact) mass is 228 g/mol. The summed E-state index contributed by atoms with van der Waals surface area (Å²) in [5.41, 5.74) is 4.84. The summed E-state index contributed by atoms with van der Waals surface area (Å²) in [7, 11) is 0. The Labute approximate surface area is 100 Å². The summed E-state index contributed by atoms with van der Waals surface area (Å²) in [4.78, 5) is 2.58. The fourth-order valence-corrected chi connectivity index (χ4v) is 2.10. The zero-order chi connectivity index (χ0) is 12.2. The van der Waals surface area contributed by atoms with Gasteiger partial charge in [-0.2, -0.15) is 0 Å². The molecule has 0 spiro atoms. The summed E-state index contributed by atoms with van der Waals surface area (Å²) in [5, 5.41) is 9.83. The van der Waals surface area contributed by atoms with Crippen molar-refractivity contribution < 1.29 is 5.11 Å². The van der Waals surface area contributed by atoms with Crippen LogP contribution >= 0.6 is 0 Å². The van der Waals surface area contributed by atoms with Gasteiger partial charge in [0.15, 0.2) is 0 Å². The van der Waals surface area contributed by atoms with Crippen molar-refractivity contribution in [2.75, 3.05) is 19.6 Å². The highest BCUT2D eigenvalue weighted by Gasteiger charge is 2.29. The molecule has 1 fully saturated rings. The standard InChI is InChI=1S/C13H28N2O/c1-11(2)9-15(12-5-6-12)8-4-7-13(3,16)10-14/h11-12,16H,4-10,14H2,1-3H3. The fourth-order valence-electron chi connectivity index (χ4n) is 2.10. The van der Waals surface area contributed by atoms with Crippen LogP contribution < -0.4 is 5.73 Å². The van der Waals surface area contributed by atoms with E-state index in [1.807, 2.05) is 6.92 Å². The van der Waals surface area contributed by atoms with Gasteiger partial charge in [0.05, 0.1) is 5.60 Å². The Morgan fingerprint density at radius 2 is 2.06 bits per heavy atom. The minimum atomic E-state index is -0.674. The Morgan fingerprint density at radius 3 is 2.50 bits per heavy atom. The van der Waals surface area contributed by atoms with Gasteiger partial charge in [0.1, 0.15) is 0 Å². The van der Waals surface area contributed by atoms with E-state index in [1.54, 1.807) is 0 Å². The van der Waals surface area contributed by atoms with Gasteiger partial charge in [0.2, 0.25) is 0 Å². The van der Waals surface area contributed by atoms with Crippen LogP contribution in [-0.2, 0) is 0 Å². The molecule has 3 heteroatoms. The second kappa shape index (κ2) is 5.99. The Bertz CT molecular complexity index is 200. The maximum atomic E-state index is 9.83. The second-order valence-electron chi connectivity index (χ2n) is 5.92. The predicted octanol–water partition coefficient (Wildman–Crippen LogP) is 1.60. The van der Waals surface area contributed by atoms with Crippen molar-refractivity contribution in [2.45, 2.75) is 58.1 Å². The van der Waals surface area contributed by atoms with Crippen molar-refractivity contribution in [3.05, 3.63) is 0 Å². The lowest BCUT2D eigenvalue weighted by atomic mass is 10.0. The molecular weight excluding hydrogens is 200 g/mol. The molecule has 0 aliphatic heterocycles. The normalized spacial score (nSPS) is 20.4. The van der Waals surface area contributed by atoms with Crippen LogP contribution in [0.4, 0.5) is 0 Å². The molecule has 0 heterocycles. The summed E-state index contributed by atoms with van der Waals surface area (Å²) in [6, 6.07) is 0.824. The second-order valence-corrected chi connectivity index (χ2v) is 5.92. The molecule has 1 aliphatic carbocycles. The van der Waals surface area contributed by atoms with Crippen LogP contribution in [0.1, 0.15) is 46.5 Å². The molecule has 1 rings (SSSR count). The van der Waals surface area contributed by atoms with Gasteiger partial charge in [-0.15, -0.1) is 0 Å². The van der Waals surface area contributed by atoms with Gasteiger partial charge in [-0.3, -0.25) is 0 Å². The molecule has 0 radical (unpaired) electrons. The third kappa shape index (κ3) is 5.28. The van der Waals surface area contributed by atoms with Gasteiger partial charge in [-0.1, -0.05) is 13.8 Å². The summed E-state index contributed by atoms with van der Waals surface area (Å²) in [6.45, 7) is 9.03. The van der Waals surface area contributed by atoms with E-state index in [2.05, 4.69) is 18.7 Å². The molecule has 96 valence electrons. The maximum Gasteiger partial charge on any atom is 0.0741 e. The molecule has 3 N–H and O–H groups in total. The van der Waals surface area contributed by atoms with Crippen molar-refractivity contribution in [1.82, 2.24) is 4.90 Å². The average molecular weight is 228 g/mol. The van der Waals surface area contributed by atoms with Crippen LogP contribution in [0.5, 0.6) is 0 Å². The van der Waals surface area contributed by atoms with Gasteiger partial charge >= 0.3 is 0 Å². The van der Waals surface area contributed by atoms with E-state index in [-0.39, 0.29) is 0 Å². The van der Waals surface area contributed by atoms with Crippen LogP contribution in [0.15, 0.2) is 0 Å². The topological polar surface area (TPSA) is 49.5 Å². The summed E-state index contributed by atoms with van der Waals surface area (Å²) < 4.78 is 0. The molecule has 1 unspecified atom stereocenters. The van der Waals surface area contributed by atoms with Gasteiger partial charge < -0.3 is 15.7 Å². The highest BCUT2D eigenvalue weighted by molar-refractivity contribution is 4.85. The van der Waals surface area contributed by atoms with Gasteiger partial charge in [-0.05, 0) is 45.1 Å². The van der Waals surface area contributed by atoms with Crippen LogP contribution in [0, 0.1) is 5.92 Å². The lowest BCUT2D eigenvalue weighted by Crippen LogP contribution is -2.36. The quantitative estimate of drug-likeness (QED) is 0.663. The first-order valence-electron chi connectivity index (χ1n) is 6.61. The third-order valence-electron chi connectivity index (χ3n) is 3.26. The zero-order valence-electron chi connectivity index (χ0n) is 11.1. The lowest BCUT2D eigenvalue weighted by Gasteiger charge is -2.26. The van der Waals surface area contributed by atoms with Crippen LogP contribution in [0.3, 0.4) is 0 Å². The first-order valence-corrected chi connectivity index (χ1v) is 6.61. The molecular formula is C13H28N2O. The number of nitrogens with two attached hydrogens (primary N) is 1. The highest BCUT2D eigenvalue weighted by Crippen LogP contribution is 2.28. The zero-order valence-corrected chi connectivity index (χ0v) is 11.1. The first kappa shape index (κ1) is 13.9. The van der Waals surface area contributed by atoms with Crippen LogP contribution in [0.2, 0.25) is 0 Å². The van der Waals surface area contributed by atoms with Gasteiger partial charge in [-0.25, -0.2) is 0 Å². The average Bonchev–Trinajstić information content (AvgIpc) is 2.98. The molecule has 1 saturated carbocycles. The minimum absolute atomic E-state index is 0.362. The molecule has 16 heavy (non-hydrogen) atoms. The molecule has 1 atom stereocenters. The summed E-state index contributed by atoms with van der Waals surface area (Å²) >= 11 is 0. The van der Waals surface area contributed by atoms with Gasteiger partial charge in [0, 0.05) is 19.1 Å². The molecule has 0 aromatic heterocycles. The van der Waals surface area contributed by atoms with Crippen molar-refractivity contribution >= 4 is 0 Å². The fraction of sp³-hybridized carbons (Fsp3) is 1.00. The van der Waals surface area contributed by atoms with E-state index in [0.717, 1.165) is 31.3 Å². The van der Waals surface area contributed by atoms with E-state index in [9.17, 15) is 5.11 Å². The van der Waals surface area contributed by atoms with E-state index in [4.69, 9.17) is 5.73 Å². The minimum Gasteiger partial charge on any atom is -0.389 e. The molecule has 0 amide bonds. The molecule has 3 nitrogen and oxygen atoms in total. The summed E-state index contributed by atoms with van der Waals surface area (Å²) in [6.07, 6.45) is 4.58. The van der Waals surface area contributed by atoms with Crippen molar-refractivity contribution in [3.8, 4) is 0 Å². The van der Waals surface area contributed by atoms with E-state index < -0.39 is 5.60 Å². The smallest absolute Gasteiger partial charge is 0.0741 e. The molecule has 1 aliphatic rings. The Kier molecular flexibility index (Phi) is 5.22. The van der Waals surface area contributed by atoms with E-state index in [0.29, 0.717) is 6.54 Å². The largest absolute Gasteiger partial charge is 0.389 e. The Hall–Kier alpha value is -0.120. The number of hydrogen-bond acceptors (Lipinski definition) is 3. The van der Waals surface area contributed by atoms with Crippen molar-refractivity contribution in [2.24, 2.45) is 11.7 Å². The highest BCUT2D eigenvalue weighted by atomic mass is 16.3. The van der Waals surface area contributed by atoms with Crippen molar-refractivity contribution in [1.29, 1.82) is 0 Å². The predicted molar refractivity (Wildman–Crippen MR) is 68.3 cm³/mol.